The third-order valence-electron chi connectivity index (χ3n) is 8.32. The fraction of sp³-hybridized carbons (Fsp3) is 0.412. The van der Waals surface area contributed by atoms with E-state index in [1.165, 1.54) is 4.31 Å². The molecule has 0 spiro atoms. The highest BCUT2D eigenvalue weighted by Gasteiger charge is 2.36. The van der Waals surface area contributed by atoms with Crippen LogP contribution < -0.4 is 14.4 Å². The summed E-state index contributed by atoms with van der Waals surface area (Å²) in [5.74, 6) is 1.40. The number of hydrogen-bond acceptors (Lipinski definition) is 9. The zero-order valence-corrected chi connectivity index (χ0v) is 27.7. The van der Waals surface area contributed by atoms with Gasteiger partial charge in [0, 0.05) is 48.8 Å². The van der Waals surface area contributed by atoms with Gasteiger partial charge in [0.1, 0.15) is 11.4 Å². The molecule has 12 heteroatoms. The van der Waals surface area contributed by atoms with Crippen LogP contribution in [0.1, 0.15) is 52.5 Å². The predicted molar refractivity (Wildman–Crippen MR) is 179 cm³/mol. The van der Waals surface area contributed by atoms with Crippen molar-refractivity contribution in [3.8, 4) is 22.9 Å². The number of rotatable bonds is 6. The first-order valence-electron chi connectivity index (χ1n) is 15.7. The van der Waals surface area contributed by atoms with Crippen molar-refractivity contribution in [3.05, 3.63) is 66.5 Å². The van der Waals surface area contributed by atoms with Crippen molar-refractivity contribution in [3.63, 3.8) is 0 Å². The number of pyridine rings is 1. The summed E-state index contributed by atoms with van der Waals surface area (Å²) < 4.78 is 39.8. The number of nitrogens with zero attached hydrogens (tertiary/aromatic N) is 5. The largest absolute Gasteiger partial charge is 0.444 e. The smallest absolute Gasteiger partial charge is 0.410 e. The van der Waals surface area contributed by atoms with Gasteiger partial charge in [-0.25, -0.2) is 28.2 Å². The Morgan fingerprint density at radius 2 is 1.80 bits per heavy atom. The first-order valence-corrected chi connectivity index (χ1v) is 17.2. The number of nitrogens with one attached hydrogen (secondary N) is 1. The van der Waals surface area contributed by atoms with Crippen LogP contribution in [0.4, 0.5) is 16.4 Å². The number of anilines is 2. The Bertz CT molecular complexity index is 1880. The van der Waals surface area contributed by atoms with Gasteiger partial charge in [-0.15, -0.1) is 0 Å². The van der Waals surface area contributed by atoms with E-state index >= 15 is 0 Å². The molecule has 11 nitrogen and oxygen atoms in total. The van der Waals surface area contributed by atoms with Gasteiger partial charge in [0.05, 0.1) is 22.2 Å². The summed E-state index contributed by atoms with van der Waals surface area (Å²) in [5, 5.41) is 4.56. The summed E-state index contributed by atoms with van der Waals surface area (Å²) in [4.78, 5) is 28.2. The molecule has 1 amide bonds. The standard InChI is InChI=1S/C34H40N6O5S/c1-22-13-14-25-26(10-6-12-29(25)40-20-16-23(2)46(40,42)43)30(22)44-31-27(11-7-17-35-31)28-15-18-36-32(38-28)37-24-9-8-19-39(21-24)33(41)45-34(3,4)5/h6-7,10-15,17-18,23-24H,8-9,16,19-21H2,1-5H3,(H,36,37,38). The van der Waals surface area contributed by atoms with Crippen molar-refractivity contribution in [2.75, 3.05) is 29.3 Å². The van der Waals surface area contributed by atoms with Crippen LogP contribution in [0.15, 0.2) is 60.9 Å². The van der Waals surface area contributed by atoms with Crippen molar-refractivity contribution in [2.24, 2.45) is 0 Å². The summed E-state index contributed by atoms with van der Waals surface area (Å²) in [7, 11) is -3.43. The van der Waals surface area contributed by atoms with Crippen LogP contribution in [0.2, 0.25) is 0 Å². The number of aryl methyl sites for hydroxylation is 1. The molecule has 2 saturated heterocycles. The van der Waals surface area contributed by atoms with Crippen molar-refractivity contribution >= 4 is 38.5 Å². The number of sulfonamides is 1. The minimum Gasteiger partial charge on any atom is -0.444 e. The second-order valence-electron chi connectivity index (χ2n) is 12.9. The van der Waals surface area contributed by atoms with Crippen LogP contribution in [-0.2, 0) is 14.8 Å². The van der Waals surface area contributed by atoms with E-state index in [1.54, 1.807) is 30.3 Å². The molecule has 0 saturated carbocycles. The van der Waals surface area contributed by atoms with E-state index in [4.69, 9.17) is 14.5 Å². The third-order valence-corrected chi connectivity index (χ3v) is 10.6. The maximum absolute atomic E-state index is 13.1. The molecule has 2 aromatic carbocycles. The number of benzene rings is 2. The van der Waals surface area contributed by atoms with Crippen molar-refractivity contribution in [1.29, 1.82) is 0 Å². The molecule has 1 N–H and O–H groups in total. The molecule has 46 heavy (non-hydrogen) atoms. The lowest BCUT2D eigenvalue weighted by Gasteiger charge is -2.34. The number of carbonyl (C=O) groups excluding carboxylic acids is 1. The minimum absolute atomic E-state index is 0.0314. The molecule has 6 rings (SSSR count). The SMILES string of the molecule is Cc1ccc2c(N3CCC(C)S3(=O)=O)cccc2c1Oc1ncccc1-c1ccnc(NC2CCCN(C(=O)OC(C)(C)C)C2)n1. The summed E-state index contributed by atoms with van der Waals surface area (Å²) in [6.45, 7) is 10.9. The van der Waals surface area contributed by atoms with E-state index < -0.39 is 20.9 Å². The molecule has 242 valence electrons. The number of carbonyl (C=O) groups is 1. The lowest BCUT2D eigenvalue weighted by molar-refractivity contribution is 0.0206. The molecule has 2 unspecified atom stereocenters. The quantitative estimate of drug-likeness (QED) is 0.249. The normalized spacial score (nSPS) is 19.7. The number of fused-ring (bicyclic) bond motifs is 1. The monoisotopic (exact) mass is 644 g/mol. The number of hydrogen-bond donors (Lipinski definition) is 1. The first-order chi connectivity index (χ1) is 21.9. The number of amides is 1. The number of ether oxygens (including phenoxy) is 2. The lowest BCUT2D eigenvalue weighted by Crippen LogP contribution is -2.47. The molecule has 2 aliphatic heterocycles. The Kier molecular flexibility index (Phi) is 8.49. The highest BCUT2D eigenvalue weighted by Crippen LogP contribution is 2.41. The second kappa shape index (κ2) is 12.4. The summed E-state index contributed by atoms with van der Waals surface area (Å²) in [6, 6.07) is 15.0. The van der Waals surface area contributed by atoms with E-state index in [9.17, 15) is 13.2 Å². The predicted octanol–water partition coefficient (Wildman–Crippen LogP) is 6.53. The zero-order chi connectivity index (χ0) is 32.6. The van der Waals surface area contributed by atoms with Crippen LogP contribution in [0.5, 0.6) is 11.6 Å². The van der Waals surface area contributed by atoms with Gasteiger partial charge in [0.2, 0.25) is 21.9 Å². The summed E-state index contributed by atoms with van der Waals surface area (Å²) in [6.07, 6.45) is 5.32. The fourth-order valence-corrected chi connectivity index (χ4v) is 7.57. The van der Waals surface area contributed by atoms with Gasteiger partial charge >= 0.3 is 6.09 Å². The topological polar surface area (TPSA) is 127 Å². The van der Waals surface area contributed by atoms with Crippen molar-refractivity contribution < 1.29 is 22.7 Å². The van der Waals surface area contributed by atoms with Gasteiger partial charge in [0.25, 0.3) is 0 Å². The molecule has 0 bridgehead atoms. The Morgan fingerprint density at radius 3 is 2.57 bits per heavy atom. The van der Waals surface area contributed by atoms with Crippen LogP contribution >= 0.6 is 0 Å². The van der Waals surface area contributed by atoms with Gasteiger partial charge in [-0.05, 0) is 83.7 Å². The Hall–Kier alpha value is -4.45. The molecule has 4 aromatic rings. The zero-order valence-electron chi connectivity index (χ0n) is 26.9. The number of aromatic nitrogens is 3. The molecular formula is C34H40N6O5S. The highest BCUT2D eigenvalue weighted by atomic mass is 32.2. The maximum Gasteiger partial charge on any atom is 0.410 e. The Morgan fingerprint density at radius 1 is 0.978 bits per heavy atom. The van der Waals surface area contributed by atoms with Crippen LogP contribution in [0.3, 0.4) is 0 Å². The van der Waals surface area contributed by atoms with Gasteiger partial charge in [-0.3, -0.25) is 4.31 Å². The van der Waals surface area contributed by atoms with E-state index in [0.717, 1.165) is 29.2 Å². The molecule has 2 atom stereocenters. The Labute approximate surface area is 270 Å². The van der Waals surface area contributed by atoms with Gasteiger partial charge in [-0.2, -0.15) is 0 Å². The highest BCUT2D eigenvalue weighted by molar-refractivity contribution is 7.93. The molecule has 0 aliphatic carbocycles. The second-order valence-corrected chi connectivity index (χ2v) is 15.2. The summed E-state index contributed by atoms with van der Waals surface area (Å²) in [5.41, 5.74) is 2.27. The fourth-order valence-electron chi connectivity index (χ4n) is 5.94. The van der Waals surface area contributed by atoms with Crippen molar-refractivity contribution in [2.45, 2.75) is 70.8 Å². The average molecular weight is 645 g/mol. The molecule has 4 heterocycles. The van der Waals surface area contributed by atoms with Gasteiger partial charge < -0.3 is 19.7 Å². The first kappa shape index (κ1) is 31.5. The lowest BCUT2D eigenvalue weighted by atomic mass is 10.0. The molecule has 2 aromatic heterocycles. The van der Waals surface area contributed by atoms with Crippen molar-refractivity contribution in [1.82, 2.24) is 19.9 Å². The summed E-state index contributed by atoms with van der Waals surface area (Å²) >= 11 is 0. The Balaban J connectivity index is 1.27. The van der Waals surface area contributed by atoms with E-state index in [1.807, 2.05) is 70.2 Å². The number of piperidine rings is 1. The average Bonchev–Trinajstić information content (AvgIpc) is 3.29. The van der Waals surface area contributed by atoms with E-state index in [2.05, 4.69) is 15.3 Å². The van der Waals surface area contributed by atoms with Crippen LogP contribution in [0.25, 0.3) is 22.0 Å². The third kappa shape index (κ3) is 6.44. The molecule has 0 radical (unpaired) electrons. The molecule has 2 aliphatic rings. The maximum atomic E-state index is 13.1. The minimum atomic E-state index is -3.43. The van der Waals surface area contributed by atoms with E-state index in [0.29, 0.717) is 60.6 Å². The van der Waals surface area contributed by atoms with Gasteiger partial charge in [0.15, 0.2) is 0 Å². The van der Waals surface area contributed by atoms with Gasteiger partial charge in [-0.1, -0.05) is 24.3 Å². The van der Waals surface area contributed by atoms with Crippen LogP contribution in [0, 0.1) is 6.92 Å². The van der Waals surface area contributed by atoms with Crippen LogP contribution in [-0.4, -0.2) is 70.9 Å². The van der Waals surface area contributed by atoms with E-state index in [-0.39, 0.29) is 12.1 Å². The number of likely N-dealkylation sites (tertiary alicyclic amines) is 1. The molecular weight excluding hydrogens is 604 g/mol. The molecule has 2 fully saturated rings.